The summed E-state index contributed by atoms with van der Waals surface area (Å²) < 4.78 is 0. The van der Waals surface area contributed by atoms with Crippen molar-refractivity contribution >= 4 is 46.2 Å². The van der Waals surface area contributed by atoms with Crippen molar-refractivity contribution in [3.05, 3.63) is 58.6 Å². The van der Waals surface area contributed by atoms with Crippen LogP contribution in [0.5, 0.6) is 0 Å². The van der Waals surface area contributed by atoms with Crippen molar-refractivity contribution < 1.29 is 4.79 Å². The lowest BCUT2D eigenvalue weighted by Crippen LogP contribution is -2.35. The number of nitrogens with zero attached hydrogens (tertiary/aromatic N) is 1. The molecule has 0 amide bonds. The highest BCUT2D eigenvalue weighted by atomic mass is 35.5. The Morgan fingerprint density at radius 1 is 1.08 bits per heavy atom. The smallest absolute Gasteiger partial charge is 0.199 e. The molecule has 0 saturated heterocycles. The van der Waals surface area contributed by atoms with Crippen molar-refractivity contribution in [2.75, 3.05) is 5.43 Å². The van der Waals surface area contributed by atoms with Gasteiger partial charge in [0.05, 0.1) is 11.4 Å². The number of carbonyl (C=O) groups excluding carboxylic acids is 1. The molecule has 0 bridgehead atoms. The van der Waals surface area contributed by atoms with Gasteiger partial charge < -0.3 is 0 Å². The first-order valence-electron chi connectivity index (χ1n) is 7.73. The molecule has 126 valence electrons. The number of hydrogen-bond acceptors (Lipinski definition) is 3. The highest BCUT2D eigenvalue weighted by molar-refractivity contribution is 6.39. The quantitative estimate of drug-likeness (QED) is 0.393. The molecule has 6 heteroatoms. The Morgan fingerprint density at radius 3 is 2.50 bits per heavy atom. The molecule has 0 aliphatic rings. The van der Waals surface area contributed by atoms with Gasteiger partial charge in [-0.05, 0) is 48.9 Å². The standard InChI is InChI=1S/C18H19Cl2N3O/c1-2-3-7-17(24)18(21-16-6-4-5-14(20)12-16)23-22-15-10-8-13(19)9-11-15/h4-6,8-12,22H,2-3,7H2,1H3,(H,21,23). The molecule has 2 aromatic carbocycles. The fourth-order valence-electron chi connectivity index (χ4n) is 1.96. The van der Waals surface area contributed by atoms with E-state index in [1.807, 2.05) is 19.1 Å². The van der Waals surface area contributed by atoms with E-state index in [0.29, 0.717) is 22.2 Å². The Bertz CT molecular complexity index is 714. The summed E-state index contributed by atoms with van der Waals surface area (Å²) in [5, 5.41) is 1.22. The van der Waals surface area contributed by atoms with Crippen molar-refractivity contribution in [1.82, 2.24) is 5.43 Å². The van der Waals surface area contributed by atoms with Crippen LogP contribution in [0, 0.1) is 0 Å². The van der Waals surface area contributed by atoms with Crippen LogP contribution in [0.1, 0.15) is 26.2 Å². The first-order chi connectivity index (χ1) is 11.6. The van der Waals surface area contributed by atoms with Gasteiger partial charge >= 0.3 is 0 Å². The van der Waals surface area contributed by atoms with Crippen LogP contribution in [0.2, 0.25) is 10.0 Å². The zero-order chi connectivity index (χ0) is 17.4. The second kappa shape index (κ2) is 9.30. The lowest BCUT2D eigenvalue weighted by molar-refractivity contribution is -0.113. The van der Waals surface area contributed by atoms with Crippen molar-refractivity contribution in [1.29, 1.82) is 0 Å². The third kappa shape index (κ3) is 5.87. The molecular formula is C18H19Cl2N3O. The molecule has 0 spiro atoms. The summed E-state index contributed by atoms with van der Waals surface area (Å²) in [5.74, 6) is 0.193. The number of halogens is 2. The largest absolute Gasteiger partial charge is 0.300 e. The number of nitrogens with one attached hydrogen (secondary N) is 2. The summed E-state index contributed by atoms with van der Waals surface area (Å²) in [6.45, 7) is 2.04. The van der Waals surface area contributed by atoms with Gasteiger partial charge in [0.1, 0.15) is 0 Å². The number of carbonyl (C=O) groups is 1. The molecule has 24 heavy (non-hydrogen) atoms. The number of ketones is 1. The summed E-state index contributed by atoms with van der Waals surface area (Å²) in [7, 11) is 0. The molecule has 0 saturated carbocycles. The molecule has 0 aromatic heterocycles. The minimum absolute atomic E-state index is 0.0571. The minimum Gasteiger partial charge on any atom is -0.300 e. The summed E-state index contributed by atoms with van der Waals surface area (Å²) in [6.07, 6.45) is 2.20. The molecule has 0 aliphatic heterocycles. The van der Waals surface area contributed by atoms with Crippen LogP contribution in [0.25, 0.3) is 0 Å². The Labute approximate surface area is 151 Å². The number of amidine groups is 1. The van der Waals surface area contributed by atoms with Crippen molar-refractivity contribution in [2.45, 2.75) is 26.2 Å². The fraction of sp³-hybridized carbons (Fsp3) is 0.222. The number of Topliss-reactive ketones (excluding diaryl/α,β-unsaturated/α-hetero) is 1. The number of rotatable bonds is 7. The second-order valence-electron chi connectivity index (χ2n) is 5.22. The first-order valence-corrected chi connectivity index (χ1v) is 8.49. The van der Waals surface area contributed by atoms with Crippen molar-refractivity contribution in [3.63, 3.8) is 0 Å². The Balaban J connectivity index is 2.15. The van der Waals surface area contributed by atoms with Gasteiger partial charge in [-0.25, -0.2) is 4.99 Å². The van der Waals surface area contributed by atoms with Crippen LogP contribution in [0.3, 0.4) is 0 Å². The van der Waals surface area contributed by atoms with Crippen LogP contribution >= 0.6 is 23.2 Å². The van der Waals surface area contributed by atoms with Crippen LogP contribution < -0.4 is 10.9 Å². The SMILES string of the molecule is CCCCC(=O)C(=Nc1cccc(Cl)c1)NNc1ccc(Cl)cc1. The van der Waals surface area contributed by atoms with Gasteiger partial charge in [0.2, 0.25) is 0 Å². The van der Waals surface area contributed by atoms with E-state index in [1.165, 1.54) is 0 Å². The fourth-order valence-corrected chi connectivity index (χ4v) is 2.27. The molecule has 0 radical (unpaired) electrons. The normalized spacial score (nSPS) is 11.2. The van der Waals surface area contributed by atoms with E-state index in [2.05, 4.69) is 15.8 Å². The average Bonchev–Trinajstić information content (AvgIpc) is 2.58. The zero-order valence-corrected chi connectivity index (χ0v) is 14.9. The van der Waals surface area contributed by atoms with E-state index in [-0.39, 0.29) is 11.6 Å². The lowest BCUT2D eigenvalue weighted by Gasteiger charge is -2.12. The number of hydrazine groups is 1. The monoisotopic (exact) mass is 363 g/mol. The van der Waals surface area contributed by atoms with Crippen LogP contribution in [0.15, 0.2) is 53.5 Å². The van der Waals surface area contributed by atoms with E-state index >= 15 is 0 Å². The molecular weight excluding hydrogens is 345 g/mol. The lowest BCUT2D eigenvalue weighted by atomic mass is 10.2. The molecule has 4 nitrogen and oxygen atoms in total. The van der Waals surface area contributed by atoms with Crippen LogP contribution in [0.4, 0.5) is 11.4 Å². The second-order valence-corrected chi connectivity index (χ2v) is 6.10. The van der Waals surface area contributed by atoms with Crippen LogP contribution in [-0.2, 0) is 4.79 Å². The Morgan fingerprint density at radius 2 is 1.83 bits per heavy atom. The Kier molecular flexibility index (Phi) is 7.09. The average molecular weight is 364 g/mol. The summed E-state index contributed by atoms with van der Waals surface area (Å²) in [6, 6.07) is 14.2. The summed E-state index contributed by atoms with van der Waals surface area (Å²) in [4.78, 5) is 16.8. The number of anilines is 1. The van der Waals surface area contributed by atoms with E-state index < -0.39 is 0 Å². The number of aliphatic imine (C=N–C) groups is 1. The molecule has 0 aliphatic carbocycles. The molecule has 2 N–H and O–H groups in total. The highest BCUT2D eigenvalue weighted by Gasteiger charge is 2.11. The molecule has 2 aromatic rings. The zero-order valence-electron chi connectivity index (χ0n) is 13.4. The first kappa shape index (κ1) is 18.3. The molecule has 2 rings (SSSR count). The maximum absolute atomic E-state index is 12.4. The van der Waals surface area contributed by atoms with Crippen LogP contribution in [-0.4, -0.2) is 11.6 Å². The minimum atomic E-state index is -0.0571. The van der Waals surface area contributed by atoms with Gasteiger partial charge in [0, 0.05) is 16.5 Å². The van der Waals surface area contributed by atoms with E-state index in [4.69, 9.17) is 23.2 Å². The number of hydrogen-bond donors (Lipinski definition) is 2. The topological polar surface area (TPSA) is 53.5 Å². The summed E-state index contributed by atoms with van der Waals surface area (Å²) in [5.41, 5.74) is 7.26. The van der Waals surface area contributed by atoms with Gasteiger partial charge in [-0.2, -0.15) is 0 Å². The predicted octanol–water partition coefficient (Wildman–Crippen LogP) is 5.40. The van der Waals surface area contributed by atoms with E-state index in [1.54, 1.807) is 36.4 Å². The molecule has 0 unspecified atom stereocenters. The third-order valence-corrected chi connectivity index (χ3v) is 3.73. The van der Waals surface area contributed by atoms with E-state index in [0.717, 1.165) is 18.5 Å². The van der Waals surface area contributed by atoms with Gasteiger partial charge in [-0.15, -0.1) is 0 Å². The number of benzene rings is 2. The maximum atomic E-state index is 12.4. The van der Waals surface area contributed by atoms with Gasteiger partial charge in [0.15, 0.2) is 11.6 Å². The van der Waals surface area contributed by atoms with Gasteiger partial charge in [-0.1, -0.05) is 42.6 Å². The third-order valence-electron chi connectivity index (χ3n) is 3.24. The van der Waals surface area contributed by atoms with E-state index in [9.17, 15) is 4.79 Å². The van der Waals surface area contributed by atoms with Gasteiger partial charge in [-0.3, -0.25) is 15.6 Å². The summed E-state index contributed by atoms with van der Waals surface area (Å²) >= 11 is 11.8. The predicted molar refractivity (Wildman–Crippen MR) is 101 cm³/mol. The Hall–Kier alpha value is -2.04. The van der Waals surface area contributed by atoms with Crippen molar-refractivity contribution in [3.8, 4) is 0 Å². The molecule has 0 atom stereocenters. The molecule has 0 fully saturated rings. The molecule has 0 heterocycles. The number of unbranched alkanes of at least 4 members (excludes halogenated alkanes) is 1. The maximum Gasteiger partial charge on any atom is 0.199 e. The van der Waals surface area contributed by atoms with Gasteiger partial charge in [0.25, 0.3) is 0 Å². The van der Waals surface area contributed by atoms with Crippen molar-refractivity contribution in [2.24, 2.45) is 4.99 Å². The highest BCUT2D eigenvalue weighted by Crippen LogP contribution is 2.18.